The fourth-order valence-corrected chi connectivity index (χ4v) is 3.72. The van der Waals surface area contributed by atoms with Crippen LogP contribution in [0.15, 0.2) is 41.8 Å². The molecule has 7 heteroatoms. The summed E-state index contributed by atoms with van der Waals surface area (Å²) < 4.78 is 10.8. The lowest BCUT2D eigenvalue weighted by molar-refractivity contribution is 0.102. The van der Waals surface area contributed by atoms with Crippen molar-refractivity contribution in [3.63, 3.8) is 0 Å². The van der Waals surface area contributed by atoms with E-state index >= 15 is 0 Å². The van der Waals surface area contributed by atoms with E-state index in [1.807, 2.05) is 17.5 Å². The third kappa shape index (κ3) is 3.25. The molecule has 2 aromatic carbocycles. The Morgan fingerprint density at radius 2 is 2.19 bits per heavy atom. The highest BCUT2D eigenvalue weighted by molar-refractivity contribution is 7.14. The Kier molecular flexibility index (Phi) is 4.53. The largest absolute Gasteiger partial charge is 0.496 e. The van der Waals surface area contributed by atoms with Gasteiger partial charge in [-0.2, -0.15) is 0 Å². The Hall–Kier alpha value is -2.57. The minimum Gasteiger partial charge on any atom is -0.496 e. The molecule has 0 fully saturated rings. The number of amides is 1. The molecule has 2 heterocycles. The van der Waals surface area contributed by atoms with E-state index in [0.717, 1.165) is 30.0 Å². The van der Waals surface area contributed by atoms with Crippen molar-refractivity contribution in [2.75, 3.05) is 19.0 Å². The van der Waals surface area contributed by atoms with Crippen LogP contribution in [0.2, 0.25) is 5.02 Å². The number of rotatable bonds is 4. The number of hydrogen-bond donors (Lipinski definition) is 1. The van der Waals surface area contributed by atoms with Gasteiger partial charge in [-0.25, -0.2) is 4.98 Å². The lowest BCUT2D eigenvalue weighted by atomic mass is 10.1. The molecule has 4 rings (SSSR count). The van der Waals surface area contributed by atoms with Gasteiger partial charge < -0.3 is 9.47 Å². The Morgan fingerprint density at radius 3 is 3.04 bits per heavy atom. The van der Waals surface area contributed by atoms with Gasteiger partial charge in [-0.15, -0.1) is 11.3 Å². The van der Waals surface area contributed by atoms with Gasteiger partial charge in [0, 0.05) is 22.4 Å². The quantitative estimate of drug-likeness (QED) is 0.708. The second-order valence-electron chi connectivity index (χ2n) is 5.76. The Morgan fingerprint density at radius 1 is 1.31 bits per heavy atom. The summed E-state index contributed by atoms with van der Waals surface area (Å²) in [6.07, 6.45) is 0.908. The first kappa shape index (κ1) is 16.9. The molecule has 1 amide bonds. The molecule has 0 atom stereocenters. The summed E-state index contributed by atoms with van der Waals surface area (Å²) in [5.74, 6) is 1.08. The summed E-state index contributed by atoms with van der Waals surface area (Å²) in [6.45, 7) is 0.721. The summed E-state index contributed by atoms with van der Waals surface area (Å²) in [4.78, 5) is 17.1. The lowest BCUT2D eigenvalue weighted by Crippen LogP contribution is -2.13. The summed E-state index contributed by atoms with van der Waals surface area (Å²) in [5.41, 5.74) is 3.38. The van der Waals surface area contributed by atoms with Gasteiger partial charge in [0.05, 0.1) is 25.0 Å². The van der Waals surface area contributed by atoms with E-state index in [1.54, 1.807) is 18.2 Å². The third-order valence-corrected chi connectivity index (χ3v) is 5.11. The van der Waals surface area contributed by atoms with Crippen LogP contribution in [-0.4, -0.2) is 24.6 Å². The van der Waals surface area contributed by atoms with Crippen LogP contribution in [-0.2, 0) is 6.42 Å². The van der Waals surface area contributed by atoms with Crippen molar-refractivity contribution in [3.05, 3.63) is 57.9 Å². The molecule has 0 radical (unpaired) electrons. The van der Waals surface area contributed by atoms with Crippen LogP contribution in [0, 0.1) is 0 Å². The fraction of sp³-hybridized carbons (Fsp3) is 0.158. The van der Waals surface area contributed by atoms with Crippen molar-refractivity contribution in [3.8, 4) is 22.8 Å². The van der Waals surface area contributed by atoms with E-state index in [2.05, 4.69) is 16.4 Å². The van der Waals surface area contributed by atoms with Crippen LogP contribution in [0.25, 0.3) is 11.3 Å². The van der Waals surface area contributed by atoms with Gasteiger partial charge in [-0.05, 0) is 42.0 Å². The average molecular weight is 387 g/mol. The molecule has 1 aliphatic heterocycles. The average Bonchev–Trinajstić information content (AvgIpc) is 3.30. The van der Waals surface area contributed by atoms with Crippen LogP contribution in [0.5, 0.6) is 11.5 Å². The first-order valence-electron chi connectivity index (χ1n) is 8.00. The van der Waals surface area contributed by atoms with E-state index in [4.69, 9.17) is 21.1 Å². The highest BCUT2D eigenvalue weighted by atomic mass is 35.5. The minimum absolute atomic E-state index is 0.312. The molecule has 132 valence electrons. The Balaban J connectivity index is 1.55. The van der Waals surface area contributed by atoms with Gasteiger partial charge in [-0.1, -0.05) is 11.6 Å². The molecular weight excluding hydrogens is 372 g/mol. The number of thiazole rings is 1. The Labute approximate surface area is 159 Å². The van der Waals surface area contributed by atoms with Crippen LogP contribution < -0.4 is 14.8 Å². The van der Waals surface area contributed by atoms with Crippen molar-refractivity contribution in [2.24, 2.45) is 0 Å². The maximum atomic E-state index is 12.5. The van der Waals surface area contributed by atoms with Gasteiger partial charge in [-0.3, -0.25) is 10.1 Å². The monoisotopic (exact) mass is 386 g/mol. The molecule has 1 aromatic heterocycles. The second kappa shape index (κ2) is 6.97. The van der Waals surface area contributed by atoms with Crippen molar-refractivity contribution < 1.29 is 14.3 Å². The highest BCUT2D eigenvalue weighted by Crippen LogP contribution is 2.32. The number of fused-ring (bicyclic) bond motifs is 1. The topological polar surface area (TPSA) is 60.5 Å². The van der Waals surface area contributed by atoms with Crippen LogP contribution in [0.4, 0.5) is 5.13 Å². The zero-order valence-corrected chi connectivity index (χ0v) is 15.5. The molecule has 0 saturated heterocycles. The number of carbonyl (C=O) groups excluding carboxylic acids is 1. The van der Waals surface area contributed by atoms with Crippen LogP contribution >= 0.6 is 22.9 Å². The third-order valence-electron chi connectivity index (χ3n) is 4.12. The zero-order chi connectivity index (χ0) is 18.1. The van der Waals surface area contributed by atoms with Crippen molar-refractivity contribution in [1.82, 2.24) is 4.98 Å². The van der Waals surface area contributed by atoms with Gasteiger partial charge >= 0.3 is 0 Å². The van der Waals surface area contributed by atoms with E-state index in [9.17, 15) is 4.79 Å². The van der Waals surface area contributed by atoms with Gasteiger partial charge in [0.2, 0.25) is 0 Å². The first-order chi connectivity index (χ1) is 12.6. The summed E-state index contributed by atoms with van der Waals surface area (Å²) in [5, 5.41) is 5.71. The number of nitrogens with zero attached hydrogens (tertiary/aromatic N) is 1. The number of methoxy groups -OCH3 is 1. The Bertz CT molecular complexity index is 987. The molecule has 0 saturated carbocycles. The molecule has 0 bridgehead atoms. The number of hydrogen-bond acceptors (Lipinski definition) is 5. The maximum Gasteiger partial charge on any atom is 0.261 e. The van der Waals surface area contributed by atoms with Crippen molar-refractivity contribution in [1.29, 1.82) is 0 Å². The number of benzene rings is 2. The molecule has 5 nitrogen and oxygen atoms in total. The fourth-order valence-electron chi connectivity index (χ4n) is 2.83. The van der Waals surface area contributed by atoms with Crippen LogP contribution in [0.1, 0.15) is 15.9 Å². The van der Waals surface area contributed by atoms with E-state index in [1.165, 1.54) is 24.0 Å². The number of nitrogens with one attached hydrogen (secondary N) is 1. The predicted octanol–water partition coefficient (Wildman–Crippen LogP) is 4.66. The standard InChI is InChI=1S/C19H15ClN2O3S/c1-24-17-5-3-13(20)9-14(17)18(23)22-19-21-15(10-26-19)11-2-4-16-12(8-11)6-7-25-16/h2-5,8-10H,6-7H2,1H3,(H,21,22,23). The molecule has 0 spiro atoms. The minimum atomic E-state index is -0.312. The maximum absolute atomic E-state index is 12.5. The number of aromatic nitrogens is 1. The van der Waals surface area contributed by atoms with Gasteiger partial charge in [0.1, 0.15) is 11.5 Å². The van der Waals surface area contributed by atoms with E-state index < -0.39 is 0 Å². The first-order valence-corrected chi connectivity index (χ1v) is 9.26. The SMILES string of the molecule is COc1ccc(Cl)cc1C(=O)Nc1nc(-c2ccc3c(c2)CCO3)cs1. The van der Waals surface area contributed by atoms with Crippen LogP contribution in [0.3, 0.4) is 0 Å². The zero-order valence-electron chi connectivity index (χ0n) is 13.9. The molecule has 3 aromatic rings. The summed E-state index contributed by atoms with van der Waals surface area (Å²) >= 11 is 7.36. The summed E-state index contributed by atoms with van der Waals surface area (Å²) in [6, 6.07) is 10.9. The molecule has 0 aliphatic carbocycles. The molecule has 26 heavy (non-hydrogen) atoms. The number of anilines is 1. The molecule has 1 aliphatic rings. The normalized spacial score (nSPS) is 12.4. The smallest absolute Gasteiger partial charge is 0.261 e. The van der Waals surface area contributed by atoms with E-state index in [0.29, 0.717) is 21.5 Å². The van der Waals surface area contributed by atoms with E-state index in [-0.39, 0.29) is 5.91 Å². The van der Waals surface area contributed by atoms with Crippen molar-refractivity contribution in [2.45, 2.75) is 6.42 Å². The van der Waals surface area contributed by atoms with Gasteiger partial charge in [0.15, 0.2) is 5.13 Å². The molecular formula is C19H15ClN2O3S. The summed E-state index contributed by atoms with van der Waals surface area (Å²) in [7, 11) is 1.51. The van der Waals surface area contributed by atoms with Gasteiger partial charge in [0.25, 0.3) is 5.91 Å². The number of halogens is 1. The number of ether oxygens (including phenoxy) is 2. The second-order valence-corrected chi connectivity index (χ2v) is 7.05. The molecule has 0 unspecified atom stereocenters. The van der Waals surface area contributed by atoms with Crippen molar-refractivity contribution >= 4 is 34.0 Å². The highest BCUT2D eigenvalue weighted by Gasteiger charge is 2.17. The number of carbonyl (C=O) groups is 1. The predicted molar refractivity (Wildman–Crippen MR) is 103 cm³/mol. The molecule has 1 N–H and O–H groups in total. The lowest BCUT2D eigenvalue weighted by Gasteiger charge is -2.08.